The molecule has 3 nitrogen and oxygen atoms in total. The van der Waals surface area contributed by atoms with Crippen molar-refractivity contribution in [2.75, 3.05) is 0 Å². The Bertz CT molecular complexity index is 537. The molecule has 0 N–H and O–H groups in total. The minimum atomic E-state index is -2.11. The van der Waals surface area contributed by atoms with Crippen molar-refractivity contribution >= 4 is 20.9 Å². The second kappa shape index (κ2) is 3.17. The van der Waals surface area contributed by atoms with E-state index in [-0.39, 0.29) is 5.41 Å². The van der Waals surface area contributed by atoms with E-state index >= 15 is 0 Å². The van der Waals surface area contributed by atoms with Crippen LogP contribution in [0, 0.1) is 5.41 Å². The summed E-state index contributed by atoms with van der Waals surface area (Å²) in [4.78, 5) is 4.90. The van der Waals surface area contributed by atoms with Crippen LogP contribution in [0.1, 0.15) is 27.2 Å². The topological polar surface area (TPSA) is 46.5 Å². The minimum absolute atomic E-state index is 0.142. The third kappa shape index (κ3) is 1.49. The number of fused-ring (bicyclic) bond motifs is 1. The molecule has 1 heterocycles. The van der Waals surface area contributed by atoms with E-state index in [0.29, 0.717) is 11.3 Å². The van der Waals surface area contributed by atoms with Crippen molar-refractivity contribution in [2.24, 2.45) is 10.4 Å². The molecule has 0 aromatic heterocycles. The standard InChI is InChI=1S/C11H13NO2S/c1-7-11(2,3)9-6-8(15(13)14)4-5-10(9)12-7/h5-6H,4H2,1-3H3. The normalized spacial score (nSPS) is 22.9. The van der Waals surface area contributed by atoms with Gasteiger partial charge in [-0.15, -0.1) is 0 Å². The fourth-order valence-corrected chi connectivity index (χ4v) is 2.27. The van der Waals surface area contributed by atoms with Crippen molar-refractivity contribution in [3.8, 4) is 0 Å². The van der Waals surface area contributed by atoms with Crippen molar-refractivity contribution < 1.29 is 8.42 Å². The molecular weight excluding hydrogens is 210 g/mol. The molecule has 0 aromatic rings. The first-order valence-electron chi connectivity index (χ1n) is 4.86. The van der Waals surface area contributed by atoms with Gasteiger partial charge in [0.2, 0.25) is 10.3 Å². The Morgan fingerprint density at radius 1 is 1.40 bits per heavy atom. The molecule has 80 valence electrons. The Hall–Kier alpha value is -1.16. The molecule has 1 aliphatic heterocycles. The number of rotatable bonds is 0. The first kappa shape index (κ1) is 10.4. The van der Waals surface area contributed by atoms with Gasteiger partial charge in [-0.2, -0.15) is 8.42 Å². The van der Waals surface area contributed by atoms with E-state index in [2.05, 4.69) is 18.8 Å². The molecule has 0 bridgehead atoms. The molecular formula is C11H13NO2S. The van der Waals surface area contributed by atoms with Gasteiger partial charge in [-0.3, -0.25) is 4.99 Å². The molecule has 15 heavy (non-hydrogen) atoms. The summed E-state index contributed by atoms with van der Waals surface area (Å²) in [6.45, 7) is 6.11. The Morgan fingerprint density at radius 3 is 2.67 bits per heavy atom. The third-order valence-electron chi connectivity index (χ3n) is 3.16. The SMILES string of the molecule is CC1=NC2=CCC(=S(=O)=O)C=C2C1(C)C. The van der Waals surface area contributed by atoms with Crippen molar-refractivity contribution in [3.63, 3.8) is 0 Å². The second-order valence-electron chi connectivity index (χ2n) is 4.37. The lowest BCUT2D eigenvalue weighted by Crippen LogP contribution is -2.21. The zero-order chi connectivity index (χ0) is 11.2. The van der Waals surface area contributed by atoms with E-state index in [1.165, 1.54) is 0 Å². The lowest BCUT2D eigenvalue weighted by Gasteiger charge is -2.22. The summed E-state index contributed by atoms with van der Waals surface area (Å²) in [5.41, 5.74) is 2.85. The van der Waals surface area contributed by atoms with Crippen LogP contribution in [0.2, 0.25) is 0 Å². The lowest BCUT2D eigenvalue weighted by atomic mass is 9.79. The molecule has 0 atom stereocenters. The molecule has 0 unspecified atom stereocenters. The van der Waals surface area contributed by atoms with Gasteiger partial charge in [-0.25, -0.2) is 0 Å². The highest BCUT2D eigenvalue weighted by Crippen LogP contribution is 2.41. The molecule has 0 radical (unpaired) electrons. The molecule has 0 saturated carbocycles. The molecule has 4 heteroatoms. The first-order chi connectivity index (χ1) is 6.93. The van der Waals surface area contributed by atoms with Crippen LogP contribution in [0.5, 0.6) is 0 Å². The van der Waals surface area contributed by atoms with Gasteiger partial charge in [0.25, 0.3) is 0 Å². The second-order valence-corrected chi connectivity index (χ2v) is 5.37. The number of hydrogen-bond acceptors (Lipinski definition) is 3. The van der Waals surface area contributed by atoms with E-state index < -0.39 is 10.3 Å². The van der Waals surface area contributed by atoms with Crippen LogP contribution >= 0.6 is 0 Å². The molecule has 2 rings (SSSR count). The van der Waals surface area contributed by atoms with Crippen molar-refractivity contribution in [2.45, 2.75) is 27.2 Å². The van der Waals surface area contributed by atoms with Gasteiger partial charge in [-0.1, -0.05) is 19.9 Å². The molecule has 0 amide bonds. The van der Waals surface area contributed by atoms with Gasteiger partial charge in [0.1, 0.15) is 0 Å². The fraction of sp³-hybridized carbons (Fsp3) is 0.455. The average Bonchev–Trinajstić information content (AvgIpc) is 2.38. The molecule has 2 aliphatic rings. The molecule has 1 aliphatic carbocycles. The van der Waals surface area contributed by atoms with Gasteiger partial charge >= 0.3 is 0 Å². The number of allylic oxidation sites excluding steroid dienone is 3. The van der Waals surface area contributed by atoms with Crippen LogP contribution in [0.4, 0.5) is 0 Å². The Kier molecular flexibility index (Phi) is 2.19. The Labute approximate surface area is 90.8 Å². The Morgan fingerprint density at radius 2 is 2.07 bits per heavy atom. The van der Waals surface area contributed by atoms with Crippen molar-refractivity contribution in [3.05, 3.63) is 23.4 Å². The van der Waals surface area contributed by atoms with Crippen LogP contribution in [0.25, 0.3) is 0 Å². The highest BCUT2D eigenvalue weighted by molar-refractivity contribution is 7.73. The largest absolute Gasteiger partial charge is 0.257 e. The predicted molar refractivity (Wildman–Crippen MR) is 61.6 cm³/mol. The van der Waals surface area contributed by atoms with Gasteiger partial charge in [-0.05, 0) is 18.6 Å². The zero-order valence-electron chi connectivity index (χ0n) is 9.03. The maximum atomic E-state index is 10.9. The minimum Gasteiger partial charge on any atom is -0.257 e. The highest BCUT2D eigenvalue weighted by Gasteiger charge is 2.36. The number of hydrogen-bond donors (Lipinski definition) is 0. The van der Waals surface area contributed by atoms with Crippen LogP contribution in [0.15, 0.2) is 28.4 Å². The highest BCUT2D eigenvalue weighted by atomic mass is 32.2. The van der Waals surface area contributed by atoms with Crippen LogP contribution < -0.4 is 0 Å². The summed E-state index contributed by atoms with van der Waals surface area (Å²) >= 11 is 0. The van der Waals surface area contributed by atoms with Crippen molar-refractivity contribution in [1.29, 1.82) is 0 Å². The van der Waals surface area contributed by atoms with Gasteiger partial charge in [0, 0.05) is 17.5 Å². The fourth-order valence-electron chi connectivity index (χ4n) is 1.84. The van der Waals surface area contributed by atoms with Gasteiger partial charge in [0.15, 0.2) is 0 Å². The van der Waals surface area contributed by atoms with Crippen LogP contribution in [0.3, 0.4) is 0 Å². The molecule has 0 saturated heterocycles. The smallest absolute Gasteiger partial charge is 0.217 e. The van der Waals surface area contributed by atoms with Crippen molar-refractivity contribution in [1.82, 2.24) is 0 Å². The molecule has 0 fully saturated rings. The van der Waals surface area contributed by atoms with Gasteiger partial charge < -0.3 is 0 Å². The third-order valence-corrected chi connectivity index (χ3v) is 3.87. The van der Waals surface area contributed by atoms with E-state index in [9.17, 15) is 8.42 Å². The summed E-state index contributed by atoms with van der Waals surface area (Å²) in [5, 5.41) is 0. The van der Waals surface area contributed by atoms with E-state index in [1.54, 1.807) is 6.08 Å². The summed E-state index contributed by atoms with van der Waals surface area (Å²) < 4.78 is 21.8. The first-order valence-corrected chi connectivity index (χ1v) is 5.94. The van der Waals surface area contributed by atoms with Gasteiger partial charge in [0.05, 0.1) is 10.6 Å². The monoisotopic (exact) mass is 223 g/mol. The van der Waals surface area contributed by atoms with E-state index in [4.69, 9.17) is 0 Å². The molecule has 0 spiro atoms. The van der Waals surface area contributed by atoms with E-state index in [1.807, 2.05) is 13.0 Å². The van der Waals surface area contributed by atoms with Crippen LogP contribution in [-0.4, -0.2) is 19.0 Å². The average molecular weight is 223 g/mol. The summed E-state index contributed by atoms with van der Waals surface area (Å²) in [5.74, 6) is 0. The Balaban J connectivity index is 2.61. The molecule has 0 aromatic carbocycles. The predicted octanol–water partition coefficient (Wildman–Crippen LogP) is 1.75. The maximum Gasteiger partial charge on any atom is 0.217 e. The number of aliphatic imine (C=N–C) groups is 1. The summed E-state index contributed by atoms with van der Waals surface area (Å²) in [6.07, 6.45) is 4.11. The zero-order valence-corrected chi connectivity index (χ0v) is 9.85. The maximum absolute atomic E-state index is 10.9. The summed E-state index contributed by atoms with van der Waals surface area (Å²) in [6, 6.07) is 0. The number of nitrogens with zero attached hydrogens (tertiary/aromatic N) is 1. The quantitative estimate of drug-likeness (QED) is 0.587. The van der Waals surface area contributed by atoms with Crippen LogP contribution in [-0.2, 0) is 10.3 Å². The van der Waals surface area contributed by atoms with E-state index in [0.717, 1.165) is 17.0 Å². The lowest BCUT2D eigenvalue weighted by molar-refractivity contribution is 0.626. The summed E-state index contributed by atoms with van der Waals surface area (Å²) in [7, 11) is -2.11.